The minimum atomic E-state index is -0.940. The molecule has 1 saturated carbocycles. The first-order valence-corrected chi connectivity index (χ1v) is 15.9. The van der Waals surface area contributed by atoms with E-state index < -0.39 is 5.97 Å². The molecule has 0 amide bonds. The molecule has 3 fully saturated rings. The molecule has 0 bridgehead atoms. The summed E-state index contributed by atoms with van der Waals surface area (Å²) in [6.45, 7) is 9.19. The van der Waals surface area contributed by atoms with Gasteiger partial charge < -0.3 is 24.0 Å². The second-order valence-corrected chi connectivity index (χ2v) is 12.6. The van der Waals surface area contributed by atoms with Gasteiger partial charge in [0.05, 0.1) is 35.8 Å². The number of hydrogen-bond acceptors (Lipinski definition) is 8. The van der Waals surface area contributed by atoms with Crippen LogP contribution in [0.15, 0.2) is 54.6 Å². The number of Topliss-reactive ketones (excluding diaryl/α,β-unsaturated/α-hetero) is 1. The fraction of sp³-hybridized carbons (Fsp3) is 0.429. The third-order valence-corrected chi connectivity index (χ3v) is 9.35. The SMILES string of the molecule is Cc1cc(C(=O)C2CC2)ccc1COc1cccc(N2CCN(Cc3nc4ccc(C(=O)O)cc4n3CC3CCO3)C(C)C2)n1. The van der Waals surface area contributed by atoms with Gasteiger partial charge in [-0.05, 0) is 74.6 Å². The minimum absolute atomic E-state index is 0.129. The number of imidazole rings is 1. The molecule has 2 saturated heterocycles. The molecular weight excluding hydrogens is 570 g/mol. The summed E-state index contributed by atoms with van der Waals surface area (Å²) in [6, 6.07) is 17.2. The molecule has 10 nitrogen and oxygen atoms in total. The summed E-state index contributed by atoms with van der Waals surface area (Å²) in [5.74, 6) is 1.92. The van der Waals surface area contributed by atoms with Crippen LogP contribution in [0, 0.1) is 12.8 Å². The van der Waals surface area contributed by atoms with Crippen molar-refractivity contribution in [1.29, 1.82) is 0 Å². The number of carboxylic acids is 1. The van der Waals surface area contributed by atoms with Gasteiger partial charge in [0.15, 0.2) is 5.78 Å². The van der Waals surface area contributed by atoms with E-state index in [1.165, 1.54) is 0 Å². The third kappa shape index (κ3) is 6.30. The number of aromatic nitrogens is 3. The lowest BCUT2D eigenvalue weighted by molar-refractivity contribution is -0.0592. The van der Waals surface area contributed by atoms with Gasteiger partial charge in [-0.1, -0.05) is 18.2 Å². The molecule has 3 aliphatic rings. The number of benzene rings is 2. The highest BCUT2D eigenvalue weighted by molar-refractivity contribution is 5.99. The molecule has 7 rings (SSSR count). The number of rotatable bonds is 11. The van der Waals surface area contributed by atoms with Crippen LogP contribution >= 0.6 is 0 Å². The average Bonchev–Trinajstić information content (AvgIpc) is 3.81. The van der Waals surface area contributed by atoms with Crippen molar-refractivity contribution in [3.05, 3.63) is 82.7 Å². The van der Waals surface area contributed by atoms with Crippen molar-refractivity contribution >= 4 is 28.6 Å². The summed E-state index contributed by atoms with van der Waals surface area (Å²) < 4.78 is 14.0. The molecule has 4 heterocycles. The lowest BCUT2D eigenvalue weighted by atomic mass is 10.0. The number of carbonyl (C=O) groups is 2. The van der Waals surface area contributed by atoms with Gasteiger partial charge >= 0.3 is 5.97 Å². The fourth-order valence-electron chi connectivity index (χ4n) is 6.29. The van der Waals surface area contributed by atoms with E-state index in [2.05, 4.69) is 21.3 Å². The monoisotopic (exact) mass is 609 g/mol. The molecule has 2 atom stereocenters. The van der Waals surface area contributed by atoms with Crippen LogP contribution < -0.4 is 9.64 Å². The number of aromatic carboxylic acids is 1. The summed E-state index contributed by atoms with van der Waals surface area (Å²) in [4.78, 5) is 38.6. The largest absolute Gasteiger partial charge is 0.478 e. The van der Waals surface area contributed by atoms with Crippen LogP contribution in [0.1, 0.15) is 63.9 Å². The maximum absolute atomic E-state index is 12.4. The molecule has 45 heavy (non-hydrogen) atoms. The molecule has 2 unspecified atom stereocenters. The van der Waals surface area contributed by atoms with E-state index in [-0.39, 0.29) is 29.4 Å². The van der Waals surface area contributed by atoms with Crippen LogP contribution in [-0.4, -0.2) is 74.7 Å². The van der Waals surface area contributed by atoms with Crippen molar-refractivity contribution in [3.63, 3.8) is 0 Å². The maximum atomic E-state index is 12.4. The predicted molar refractivity (Wildman–Crippen MR) is 170 cm³/mol. The van der Waals surface area contributed by atoms with Gasteiger partial charge in [-0.2, -0.15) is 4.98 Å². The number of ether oxygens (including phenoxy) is 2. The Labute approximate surface area is 262 Å². The van der Waals surface area contributed by atoms with E-state index in [1.807, 2.05) is 43.3 Å². The molecule has 234 valence electrons. The van der Waals surface area contributed by atoms with E-state index in [0.717, 1.165) is 84.9 Å². The number of carbonyl (C=O) groups excluding carboxylic acids is 1. The Balaban J connectivity index is 1.00. The van der Waals surface area contributed by atoms with Crippen molar-refractivity contribution in [2.45, 2.75) is 65.0 Å². The van der Waals surface area contributed by atoms with Crippen LogP contribution in [0.4, 0.5) is 5.82 Å². The first kappa shape index (κ1) is 29.4. The first-order chi connectivity index (χ1) is 21.8. The van der Waals surface area contributed by atoms with E-state index in [9.17, 15) is 14.7 Å². The van der Waals surface area contributed by atoms with Gasteiger partial charge in [0, 0.05) is 49.8 Å². The normalized spacial score (nSPS) is 20.3. The zero-order valence-corrected chi connectivity index (χ0v) is 25.8. The number of anilines is 1. The van der Waals surface area contributed by atoms with Crippen molar-refractivity contribution in [2.75, 3.05) is 31.1 Å². The maximum Gasteiger partial charge on any atom is 0.335 e. The van der Waals surface area contributed by atoms with Gasteiger partial charge in [-0.15, -0.1) is 0 Å². The zero-order chi connectivity index (χ0) is 31.1. The lowest BCUT2D eigenvalue weighted by Crippen LogP contribution is -2.52. The molecule has 2 aromatic carbocycles. The van der Waals surface area contributed by atoms with Crippen molar-refractivity contribution in [3.8, 4) is 5.88 Å². The van der Waals surface area contributed by atoms with E-state index in [0.29, 0.717) is 25.6 Å². The second-order valence-electron chi connectivity index (χ2n) is 12.6. The van der Waals surface area contributed by atoms with Crippen molar-refractivity contribution < 1.29 is 24.2 Å². The Hall–Kier alpha value is -4.28. The molecule has 0 spiro atoms. The van der Waals surface area contributed by atoms with Crippen molar-refractivity contribution in [2.24, 2.45) is 5.92 Å². The topological polar surface area (TPSA) is 110 Å². The van der Waals surface area contributed by atoms with Crippen LogP contribution in [0.2, 0.25) is 0 Å². The lowest BCUT2D eigenvalue weighted by Gasteiger charge is -2.40. The number of piperazine rings is 1. The molecule has 1 aliphatic carbocycles. The molecule has 1 N–H and O–H groups in total. The van der Waals surface area contributed by atoms with Gasteiger partial charge in [-0.3, -0.25) is 9.69 Å². The summed E-state index contributed by atoms with van der Waals surface area (Å²) in [5, 5.41) is 9.56. The molecule has 2 aliphatic heterocycles. The quantitative estimate of drug-likeness (QED) is 0.232. The number of hydrogen-bond donors (Lipinski definition) is 1. The highest BCUT2D eigenvalue weighted by Gasteiger charge is 2.31. The number of pyridine rings is 1. The summed E-state index contributed by atoms with van der Waals surface area (Å²) in [7, 11) is 0. The van der Waals surface area contributed by atoms with E-state index in [4.69, 9.17) is 19.4 Å². The van der Waals surface area contributed by atoms with Crippen LogP contribution in [-0.2, 0) is 24.4 Å². The van der Waals surface area contributed by atoms with Crippen LogP contribution in [0.25, 0.3) is 11.0 Å². The van der Waals surface area contributed by atoms with E-state index in [1.54, 1.807) is 18.2 Å². The zero-order valence-electron chi connectivity index (χ0n) is 25.8. The highest BCUT2D eigenvalue weighted by Crippen LogP contribution is 2.33. The Kier molecular flexibility index (Phi) is 8.01. The van der Waals surface area contributed by atoms with E-state index >= 15 is 0 Å². The van der Waals surface area contributed by atoms with Gasteiger partial charge in [0.2, 0.25) is 5.88 Å². The second kappa shape index (κ2) is 12.3. The van der Waals surface area contributed by atoms with Crippen LogP contribution in [0.3, 0.4) is 0 Å². The summed E-state index contributed by atoms with van der Waals surface area (Å²) in [6.07, 6.45) is 3.14. The Morgan fingerprint density at radius 1 is 1.02 bits per heavy atom. The van der Waals surface area contributed by atoms with Gasteiger partial charge in [0.25, 0.3) is 0 Å². The standard InChI is InChI=1S/C35H39N5O5/c1-22-16-25(34(41)24-6-7-24)8-9-27(22)21-45-33-5-3-4-31(37-33)39-14-13-38(23(2)18-39)20-32-36-29-11-10-26(35(42)43)17-30(29)40(32)19-28-12-15-44-28/h3-5,8-11,16-17,23-24,28H,6-7,12-15,18-21H2,1-2H3,(H,42,43). The Bertz CT molecular complexity index is 1740. The average molecular weight is 610 g/mol. The fourth-order valence-corrected chi connectivity index (χ4v) is 6.29. The summed E-state index contributed by atoms with van der Waals surface area (Å²) >= 11 is 0. The number of aryl methyl sites for hydroxylation is 1. The number of fused-ring (bicyclic) bond motifs is 1. The van der Waals surface area contributed by atoms with Gasteiger partial charge in [0.1, 0.15) is 18.2 Å². The predicted octanol–water partition coefficient (Wildman–Crippen LogP) is 5.11. The van der Waals surface area contributed by atoms with Crippen LogP contribution in [0.5, 0.6) is 5.88 Å². The Morgan fingerprint density at radius 3 is 2.56 bits per heavy atom. The Morgan fingerprint density at radius 2 is 1.84 bits per heavy atom. The molecular formula is C35H39N5O5. The minimum Gasteiger partial charge on any atom is -0.478 e. The molecule has 4 aromatic rings. The summed E-state index contributed by atoms with van der Waals surface area (Å²) in [5.41, 5.74) is 4.80. The third-order valence-electron chi connectivity index (χ3n) is 9.35. The van der Waals surface area contributed by atoms with Crippen molar-refractivity contribution in [1.82, 2.24) is 19.4 Å². The number of ketones is 1. The number of carboxylic acid groups (broad SMARTS) is 1. The smallest absolute Gasteiger partial charge is 0.335 e. The number of nitrogens with zero attached hydrogens (tertiary/aromatic N) is 5. The van der Waals surface area contributed by atoms with Gasteiger partial charge in [-0.25, -0.2) is 9.78 Å². The first-order valence-electron chi connectivity index (χ1n) is 15.9. The molecule has 2 aromatic heterocycles. The molecule has 10 heteroatoms. The highest BCUT2D eigenvalue weighted by atomic mass is 16.5. The molecule has 0 radical (unpaired) electrons.